The molecular formula is C14H16N4S. The summed E-state index contributed by atoms with van der Waals surface area (Å²) in [5.41, 5.74) is 8.84. The first-order chi connectivity index (χ1) is 9.31. The van der Waals surface area contributed by atoms with Crippen molar-refractivity contribution in [1.82, 2.24) is 14.5 Å². The van der Waals surface area contributed by atoms with Crippen molar-refractivity contribution in [3.05, 3.63) is 30.6 Å². The molecule has 0 spiro atoms. The zero-order valence-electron chi connectivity index (χ0n) is 10.8. The Morgan fingerprint density at radius 1 is 1.32 bits per heavy atom. The summed E-state index contributed by atoms with van der Waals surface area (Å²) in [6.45, 7) is 0.963. The van der Waals surface area contributed by atoms with Gasteiger partial charge in [0.05, 0.1) is 17.4 Å². The molecule has 3 aromatic rings. The van der Waals surface area contributed by atoms with Crippen molar-refractivity contribution in [2.45, 2.75) is 13.0 Å². The molecule has 3 rings (SSSR count). The second-order valence-electron chi connectivity index (χ2n) is 4.50. The quantitative estimate of drug-likeness (QED) is 0.742. The van der Waals surface area contributed by atoms with Gasteiger partial charge in [-0.3, -0.25) is 0 Å². The Hall–Kier alpha value is -1.75. The first-order valence-electron chi connectivity index (χ1n) is 6.29. The van der Waals surface area contributed by atoms with E-state index in [0.717, 1.165) is 40.7 Å². The molecule has 0 fully saturated rings. The minimum absolute atomic E-state index is 0.511. The van der Waals surface area contributed by atoms with E-state index in [-0.39, 0.29) is 0 Å². The van der Waals surface area contributed by atoms with Crippen LogP contribution in [0.1, 0.15) is 6.42 Å². The largest absolute Gasteiger partial charge is 0.382 e. The second kappa shape index (κ2) is 5.09. The fraction of sp³-hybridized carbons (Fsp3) is 0.286. The lowest BCUT2D eigenvalue weighted by Gasteiger charge is -2.07. The van der Waals surface area contributed by atoms with Gasteiger partial charge in [0.25, 0.3) is 0 Å². The van der Waals surface area contributed by atoms with Crippen LogP contribution in [0.25, 0.3) is 21.9 Å². The van der Waals surface area contributed by atoms with E-state index in [0.29, 0.717) is 5.82 Å². The van der Waals surface area contributed by atoms with Crippen molar-refractivity contribution in [3.8, 4) is 0 Å². The number of fused-ring (bicyclic) bond motifs is 3. The van der Waals surface area contributed by atoms with Crippen molar-refractivity contribution in [1.29, 1.82) is 0 Å². The number of benzene rings is 1. The van der Waals surface area contributed by atoms with Gasteiger partial charge in [-0.05, 0) is 24.5 Å². The van der Waals surface area contributed by atoms with Crippen LogP contribution < -0.4 is 5.73 Å². The van der Waals surface area contributed by atoms with E-state index in [1.165, 1.54) is 0 Å². The van der Waals surface area contributed by atoms with E-state index < -0.39 is 0 Å². The summed E-state index contributed by atoms with van der Waals surface area (Å²) in [5.74, 6) is 1.66. The van der Waals surface area contributed by atoms with Crippen LogP contribution in [0.5, 0.6) is 0 Å². The molecule has 4 nitrogen and oxygen atoms in total. The van der Waals surface area contributed by atoms with Gasteiger partial charge in [-0.2, -0.15) is 11.8 Å². The van der Waals surface area contributed by atoms with Crippen molar-refractivity contribution in [3.63, 3.8) is 0 Å². The number of anilines is 1. The molecule has 0 unspecified atom stereocenters. The zero-order valence-corrected chi connectivity index (χ0v) is 11.7. The summed E-state index contributed by atoms with van der Waals surface area (Å²) < 4.78 is 2.19. The van der Waals surface area contributed by atoms with E-state index in [1.807, 2.05) is 36.3 Å². The average Bonchev–Trinajstić information content (AvgIpc) is 2.84. The Kier molecular flexibility index (Phi) is 3.29. The number of rotatable bonds is 4. The van der Waals surface area contributed by atoms with Crippen molar-refractivity contribution in [2.24, 2.45) is 0 Å². The molecule has 19 heavy (non-hydrogen) atoms. The van der Waals surface area contributed by atoms with Gasteiger partial charge in [0, 0.05) is 11.9 Å². The predicted octanol–water partition coefficient (Wildman–Crippen LogP) is 2.92. The molecule has 0 bridgehead atoms. The fourth-order valence-corrected chi connectivity index (χ4v) is 2.77. The maximum Gasteiger partial charge on any atom is 0.152 e. The first-order valence-corrected chi connectivity index (χ1v) is 7.68. The zero-order chi connectivity index (χ0) is 13.2. The molecule has 2 heterocycles. The average molecular weight is 272 g/mol. The minimum atomic E-state index is 0.511. The summed E-state index contributed by atoms with van der Waals surface area (Å²) in [6.07, 6.45) is 5.13. The molecule has 0 saturated carbocycles. The van der Waals surface area contributed by atoms with Crippen molar-refractivity contribution < 1.29 is 0 Å². The Morgan fingerprint density at radius 3 is 3.00 bits per heavy atom. The number of thioether (sulfide) groups is 1. The number of nitrogens with two attached hydrogens (primary N) is 1. The summed E-state index contributed by atoms with van der Waals surface area (Å²) in [4.78, 5) is 8.83. The first kappa shape index (κ1) is 12.3. The number of hydrogen-bond donors (Lipinski definition) is 1. The number of imidazole rings is 1. The smallest absolute Gasteiger partial charge is 0.152 e. The van der Waals surface area contributed by atoms with Crippen molar-refractivity contribution in [2.75, 3.05) is 17.7 Å². The maximum absolute atomic E-state index is 6.00. The third-order valence-electron chi connectivity index (χ3n) is 3.23. The Balaban J connectivity index is 2.18. The summed E-state index contributed by atoms with van der Waals surface area (Å²) in [5, 5.41) is 1.12. The molecule has 0 saturated heterocycles. The number of nitrogen functional groups attached to an aromatic ring is 1. The third-order valence-corrected chi connectivity index (χ3v) is 3.92. The third kappa shape index (κ3) is 2.14. The standard InChI is InChI=1S/C14H16N4S/c1-19-8-4-7-18-9-16-12-13(18)10-5-2-3-6-11(10)17-14(12)15/h2-3,5-6,9H,4,7-8H2,1H3,(H2,15,17). The van der Waals surface area contributed by atoms with Gasteiger partial charge in [-0.25, -0.2) is 9.97 Å². The number of pyridine rings is 1. The van der Waals surface area contributed by atoms with Gasteiger partial charge in [-0.15, -0.1) is 0 Å². The molecular weight excluding hydrogens is 256 g/mol. The molecule has 0 radical (unpaired) electrons. The van der Waals surface area contributed by atoms with Gasteiger partial charge in [0.1, 0.15) is 5.52 Å². The van der Waals surface area contributed by atoms with Gasteiger partial charge in [0.15, 0.2) is 5.82 Å². The van der Waals surface area contributed by atoms with E-state index in [1.54, 1.807) is 0 Å². The van der Waals surface area contributed by atoms with Crippen LogP contribution in [-0.4, -0.2) is 26.5 Å². The maximum atomic E-state index is 6.00. The minimum Gasteiger partial charge on any atom is -0.382 e. The van der Waals surface area contributed by atoms with Crippen LogP contribution in [0.2, 0.25) is 0 Å². The summed E-state index contributed by atoms with van der Waals surface area (Å²) in [6, 6.07) is 8.08. The van der Waals surface area contributed by atoms with Crippen LogP contribution in [0.15, 0.2) is 30.6 Å². The highest BCUT2D eigenvalue weighted by Crippen LogP contribution is 2.27. The Bertz CT molecular complexity index is 720. The normalized spacial score (nSPS) is 11.4. The number of para-hydroxylation sites is 1. The van der Waals surface area contributed by atoms with Crippen LogP contribution in [-0.2, 0) is 6.54 Å². The summed E-state index contributed by atoms with van der Waals surface area (Å²) >= 11 is 1.86. The monoisotopic (exact) mass is 272 g/mol. The van der Waals surface area contributed by atoms with Gasteiger partial charge < -0.3 is 10.3 Å². The topological polar surface area (TPSA) is 56.7 Å². The highest BCUT2D eigenvalue weighted by molar-refractivity contribution is 7.98. The van der Waals surface area contributed by atoms with Gasteiger partial charge >= 0.3 is 0 Å². The molecule has 0 aliphatic carbocycles. The molecule has 0 aliphatic heterocycles. The second-order valence-corrected chi connectivity index (χ2v) is 5.48. The van der Waals surface area contributed by atoms with Gasteiger partial charge in [-0.1, -0.05) is 18.2 Å². The van der Waals surface area contributed by atoms with E-state index in [4.69, 9.17) is 5.73 Å². The molecule has 0 amide bonds. The van der Waals surface area contributed by atoms with Crippen LogP contribution >= 0.6 is 11.8 Å². The van der Waals surface area contributed by atoms with Crippen LogP contribution in [0.3, 0.4) is 0 Å². The number of hydrogen-bond acceptors (Lipinski definition) is 4. The number of aryl methyl sites for hydroxylation is 1. The van der Waals surface area contributed by atoms with E-state index in [9.17, 15) is 0 Å². The molecule has 0 aliphatic rings. The number of aromatic nitrogens is 3. The van der Waals surface area contributed by atoms with Crippen molar-refractivity contribution >= 4 is 39.5 Å². The lowest BCUT2D eigenvalue weighted by atomic mass is 10.2. The Morgan fingerprint density at radius 2 is 2.16 bits per heavy atom. The fourth-order valence-electron chi connectivity index (χ4n) is 2.35. The Labute approximate surface area is 116 Å². The predicted molar refractivity (Wildman–Crippen MR) is 82.4 cm³/mol. The molecule has 5 heteroatoms. The highest BCUT2D eigenvalue weighted by Gasteiger charge is 2.11. The van der Waals surface area contributed by atoms with Gasteiger partial charge in [0.2, 0.25) is 0 Å². The summed E-state index contributed by atoms with van der Waals surface area (Å²) in [7, 11) is 0. The van der Waals surface area contributed by atoms with Crippen LogP contribution in [0.4, 0.5) is 5.82 Å². The molecule has 2 N–H and O–H groups in total. The van der Waals surface area contributed by atoms with E-state index >= 15 is 0 Å². The van der Waals surface area contributed by atoms with E-state index in [2.05, 4.69) is 26.9 Å². The lowest BCUT2D eigenvalue weighted by Crippen LogP contribution is -1.99. The highest BCUT2D eigenvalue weighted by atomic mass is 32.2. The molecule has 1 aromatic carbocycles. The SMILES string of the molecule is CSCCCn1cnc2c(N)nc3ccccc3c21. The van der Waals surface area contributed by atoms with Crippen LogP contribution in [0, 0.1) is 0 Å². The molecule has 0 atom stereocenters. The molecule has 2 aromatic heterocycles. The molecule has 98 valence electrons. The lowest BCUT2D eigenvalue weighted by molar-refractivity contribution is 0.704. The number of nitrogens with zero attached hydrogens (tertiary/aromatic N) is 3.